The first kappa shape index (κ1) is 32.5. The molecule has 0 atom stereocenters. The summed E-state index contributed by atoms with van der Waals surface area (Å²) in [5.41, 5.74) is 17.0. The van der Waals surface area contributed by atoms with E-state index in [1.807, 2.05) is 11.3 Å². The van der Waals surface area contributed by atoms with Crippen molar-refractivity contribution in [3.63, 3.8) is 0 Å². The number of allylic oxidation sites excluding steroid dienone is 5. The average molecular weight is 690 g/mol. The van der Waals surface area contributed by atoms with Crippen molar-refractivity contribution in [2.75, 3.05) is 4.90 Å². The third-order valence-corrected chi connectivity index (χ3v) is 12.2. The summed E-state index contributed by atoms with van der Waals surface area (Å²) in [6.07, 6.45) is 13.4. The Labute approximate surface area is 312 Å². The maximum atomic E-state index is 2.54. The van der Waals surface area contributed by atoms with Gasteiger partial charge >= 0.3 is 0 Å². The molecule has 0 radical (unpaired) electrons. The lowest BCUT2D eigenvalue weighted by Crippen LogP contribution is -2.19. The van der Waals surface area contributed by atoms with Crippen molar-refractivity contribution < 1.29 is 0 Å². The Bertz CT molecular complexity index is 2490. The molecule has 5 aromatic carbocycles. The van der Waals surface area contributed by atoms with Gasteiger partial charge < -0.3 is 4.90 Å². The van der Waals surface area contributed by atoms with E-state index in [0.717, 1.165) is 25.7 Å². The first-order valence-electron chi connectivity index (χ1n) is 18.6. The number of hydrogen-bond acceptors (Lipinski definition) is 2. The van der Waals surface area contributed by atoms with Gasteiger partial charge in [-0.05, 0) is 142 Å². The molecule has 1 aromatic heterocycles. The number of nitrogens with zero attached hydrogens (tertiary/aromatic N) is 1. The van der Waals surface area contributed by atoms with Gasteiger partial charge in [-0.3, -0.25) is 0 Å². The van der Waals surface area contributed by atoms with E-state index in [9.17, 15) is 0 Å². The van der Waals surface area contributed by atoms with Crippen molar-refractivity contribution in [1.29, 1.82) is 0 Å². The zero-order valence-corrected chi connectivity index (χ0v) is 31.0. The standard InChI is InChI=1S/C50H43NS/c1-34-30-47-49(44(38-17-8-5-9-18-38)32-40-20-12-13-21-48(40)52-34)45-33-43(28-29-46(45)50(47,2)3)51(42-27-24-36-16-10-11-19-39(36)31-42)41-25-22-37(23-26-41)35-14-6-4-7-15-35/h4-10,12-18,20-22,24-25,27-33H,11,19,23,26H2,1-3H3. The largest absolute Gasteiger partial charge is 0.314 e. The Morgan fingerprint density at radius 1 is 0.615 bits per heavy atom. The topological polar surface area (TPSA) is 3.24 Å². The normalized spacial score (nSPS) is 15.2. The Morgan fingerprint density at radius 2 is 1.35 bits per heavy atom. The summed E-state index contributed by atoms with van der Waals surface area (Å²) < 4.78 is 1.29. The Morgan fingerprint density at radius 3 is 2.13 bits per heavy atom. The summed E-state index contributed by atoms with van der Waals surface area (Å²) in [7, 11) is 0. The van der Waals surface area contributed by atoms with Gasteiger partial charge in [0.25, 0.3) is 0 Å². The second-order valence-electron chi connectivity index (χ2n) is 14.8. The van der Waals surface area contributed by atoms with Crippen LogP contribution < -0.4 is 4.90 Å². The smallest absolute Gasteiger partial charge is 0.0464 e. The second kappa shape index (κ2) is 13.3. The second-order valence-corrected chi connectivity index (χ2v) is 16.1. The number of benzene rings is 5. The number of fused-ring (bicyclic) bond motifs is 5. The Kier molecular flexibility index (Phi) is 8.29. The summed E-state index contributed by atoms with van der Waals surface area (Å²) >= 11 is 1.88. The van der Waals surface area contributed by atoms with Crippen molar-refractivity contribution in [1.82, 2.24) is 0 Å². The molecular formula is C50H43NS. The van der Waals surface area contributed by atoms with E-state index in [4.69, 9.17) is 0 Å². The van der Waals surface area contributed by atoms with E-state index in [0.29, 0.717) is 0 Å². The van der Waals surface area contributed by atoms with Gasteiger partial charge in [0, 0.05) is 32.1 Å². The molecule has 0 saturated carbocycles. The zero-order chi connectivity index (χ0) is 35.2. The van der Waals surface area contributed by atoms with Gasteiger partial charge in [0.05, 0.1) is 0 Å². The van der Waals surface area contributed by atoms with Crippen molar-refractivity contribution in [3.8, 4) is 22.3 Å². The molecular weight excluding hydrogens is 647 g/mol. The van der Waals surface area contributed by atoms with E-state index in [2.05, 4.69) is 183 Å². The SMILES string of the molecule is Cc1cc2c(c(-c3ccccc3)cc3ccccc3s1)-c1cc(N(C3=CC=C(c4ccccc4)CC3)c3ccc4c(c3)CCC=C4)ccc1C2(C)C. The maximum absolute atomic E-state index is 2.54. The third-order valence-electron chi connectivity index (χ3n) is 11.2. The molecule has 254 valence electrons. The van der Waals surface area contributed by atoms with Crippen molar-refractivity contribution in [2.45, 2.75) is 51.9 Å². The molecule has 6 aromatic rings. The Hall–Kier alpha value is -5.44. The fraction of sp³-hybridized carbons (Fsp3) is 0.160. The van der Waals surface area contributed by atoms with Gasteiger partial charge in [-0.2, -0.15) is 0 Å². The fourth-order valence-corrected chi connectivity index (χ4v) is 9.40. The van der Waals surface area contributed by atoms with Crippen LogP contribution in [0.4, 0.5) is 11.4 Å². The van der Waals surface area contributed by atoms with Crippen molar-refractivity contribution in [3.05, 3.63) is 190 Å². The molecule has 0 aliphatic heterocycles. The van der Waals surface area contributed by atoms with Gasteiger partial charge in [0.15, 0.2) is 0 Å². The molecule has 0 unspecified atom stereocenters. The quantitative estimate of drug-likeness (QED) is 0.174. The van der Waals surface area contributed by atoms with Crippen LogP contribution in [0.25, 0.3) is 44.0 Å². The van der Waals surface area contributed by atoms with Gasteiger partial charge in [-0.25, -0.2) is 0 Å². The molecule has 0 N–H and O–H groups in total. The highest BCUT2D eigenvalue weighted by Crippen LogP contribution is 2.53. The molecule has 1 nitrogen and oxygen atoms in total. The summed E-state index contributed by atoms with van der Waals surface area (Å²) in [6, 6.07) is 49.9. The summed E-state index contributed by atoms with van der Waals surface area (Å²) in [4.78, 5) is 3.84. The molecule has 52 heavy (non-hydrogen) atoms. The van der Waals surface area contributed by atoms with E-state index >= 15 is 0 Å². The van der Waals surface area contributed by atoms with Crippen LogP contribution >= 0.6 is 11.3 Å². The van der Waals surface area contributed by atoms with Crippen molar-refractivity contribution in [2.24, 2.45) is 0 Å². The van der Waals surface area contributed by atoms with E-state index < -0.39 is 0 Å². The van der Waals surface area contributed by atoms with E-state index in [-0.39, 0.29) is 5.41 Å². The number of hydrogen-bond donors (Lipinski definition) is 0. The van der Waals surface area contributed by atoms with Gasteiger partial charge in [-0.15, -0.1) is 11.3 Å². The Balaban J connectivity index is 1.29. The highest BCUT2D eigenvalue weighted by Gasteiger charge is 2.37. The minimum absolute atomic E-state index is 0.171. The van der Waals surface area contributed by atoms with Crippen LogP contribution in [0, 0.1) is 6.92 Å². The van der Waals surface area contributed by atoms with Gasteiger partial charge in [0.2, 0.25) is 0 Å². The zero-order valence-electron chi connectivity index (χ0n) is 30.2. The minimum atomic E-state index is -0.171. The highest BCUT2D eigenvalue weighted by atomic mass is 32.1. The number of anilines is 2. The predicted octanol–water partition coefficient (Wildman–Crippen LogP) is 14.2. The molecule has 0 fully saturated rings. The van der Waals surface area contributed by atoms with Crippen LogP contribution in [0.15, 0.2) is 157 Å². The minimum Gasteiger partial charge on any atom is -0.314 e. The third kappa shape index (κ3) is 5.82. The van der Waals surface area contributed by atoms with Gasteiger partial charge in [-0.1, -0.05) is 123 Å². The van der Waals surface area contributed by atoms with Crippen LogP contribution in [-0.4, -0.2) is 0 Å². The molecule has 0 saturated heterocycles. The fourth-order valence-electron chi connectivity index (χ4n) is 8.49. The molecule has 9 rings (SSSR count). The monoisotopic (exact) mass is 689 g/mol. The predicted molar refractivity (Wildman–Crippen MR) is 225 cm³/mol. The summed E-state index contributed by atoms with van der Waals surface area (Å²) in [5.74, 6) is 0. The first-order valence-corrected chi connectivity index (χ1v) is 19.4. The van der Waals surface area contributed by atoms with Crippen LogP contribution in [0.1, 0.15) is 65.8 Å². The molecule has 3 aliphatic rings. The highest BCUT2D eigenvalue weighted by molar-refractivity contribution is 7.18. The van der Waals surface area contributed by atoms with Crippen LogP contribution in [-0.2, 0) is 11.8 Å². The summed E-state index contributed by atoms with van der Waals surface area (Å²) in [5, 5.41) is 1.26. The maximum Gasteiger partial charge on any atom is 0.0464 e. The lowest BCUT2D eigenvalue weighted by atomic mass is 9.82. The molecule has 3 aliphatic carbocycles. The molecule has 2 heteroatoms. The lowest BCUT2D eigenvalue weighted by Gasteiger charge is -2.31. The molecule has 0 bridgehead atoms. The molecule has 0 amide bonds. The summed E-state index contributed by atoms with van der Waals surface area (Å²) in [6.45, 7) is 7.08. The first-order chi connectivity index (χ1) is 25.4. The van der Waals surface area contributed by atoms with Crippen LogP contribution in [0.5, 0.6) is 0 Å². The molecule has 0 spiro atoms. The number of rotatable bonds is 5. The number of aryl methyl sites for hydroxylation is 2. The lowest BCUT2D eigenvalue weighted by molar-refractivity contribution is 0.660. The van der Waals surface area contributed by atoms with Gasteiger partial charge in [0.1, 0.15) is 0 Å². The van der Waals surface area contributed by atoms with E-state index in [1.54, 1.807) is 0 Å². The molecule has 1 heterocycles. The average Bonchev–Trinajstić information content (AvgIpc) is 3.43. The van der Waals surface area contributed by atoms with Crippen molar-refractivity contribution >= 4 is 44.4 Å². The van der Waals surface area contributed by atoms with Crippen LogP contribution in [0.3, 0.4) is 0 Å². The van der Waals surface area contributed by atoms with Crippen LogP contribution in [0.2, 0.25) is 0 Å². The van der Waals surface area contributed by atoms with E-state index in [1.165, 1.54) is 87.7 Å².